The van der Waals surface area contributed by atoms with Crippen LogP contribution in [0.3, 0.4) is 0 Å². The fraction of sp³-hybridized carbons (Fsp3) is 1.00. The maximum atomic E-state index is 5.27. The lowest BCUT2D eigenvalue weighted by Gasteiger charge is -2.18. The van der Waals surface area contributed by atoms with Crippen molar-refractivity contribution in [1.82, 2.24) is 0 Å². The second-order valence-corrected chi connectivity index (χ2v) is 4.23. The van der Waals surface area contributed by atoms with Gasteiger partial charge in [-0.1, -0.05) is 0 Å². The molecular weight excluding hydrogens is 132 g/mol. The Labute approximate surface area is 60.2 Å². The molecule has 0 N–H and O–H groups in total. The molecule has 1 saturated carbocycles. The molecule has 2 fully saturated rings. The van der Waals surface area contributed by atoms with E-state index in [-0.39, 0.29) is 0 Å². The van der Waals surface area contributed by atoms with Crippen molar-refractivity contribution in [3.05, 3.63) is 0 Å². The second kappa shape index (κ2) is 2.17. The zero-order chi connectivity index (χ0) is 6.27. The van der Waals surface area contributed by atoms with Crippen molar-refractivity contribution in [3.63, 3.8) is 0 Å². The number of ether oxygens (including phenoxy) is 1. The maximum absolute atomic E-state index is 5.27. The zero-order valence-corrected chi connectivity index (χ0v) is 6.49. The molecular formula is C7H12OS. The highest BCUT2D eigenvalue weighted by Gasteiger charge is 2.42. The molecule has 1 heterocycles. The van der Waals surface area contributed by atoms with Gasteiger partial charge in [0.15, 0.2) is 0 Å². The van der Waals surface area contributed by atoms with Gasteiger partial charge in [-0.3, -0.25) is 0 Å². The summed E-state index contributed by atoms with van der Waals surface area (Å²) in [5.74, 6) is 2.26. The van der Waals surface area contributed by atoms with Crippen molar-refractivity contribution in [2.45, 2.75) is 24.2 Å². The highest BCUT2D eigenvalue weighted by atomic mass is 32.2. The summed E-state index contributed by atoms with van der Waals surface area (Å²) in [6.45, 7) is 0. The minimum absolute atomic E-state index is 0.568. The van der Waals surface area contributed by atoms with Crippen LogP contribution in [0, 0.1) is 5.92 Å². The normalized spacial score (nSPS) is 48.3. The van der Waals surface area contributed by atoms with Gasteiger partial charge >= 0.3 is 0 Å². The summed E-state index contributed by atoms with van der Waals surface area (Å²) in [6, 6.07) is 0. The summed E-state index contributed by atoms with van der Waals surface area (Å²) in [6.07, 6.45) is 3.36. The molecule has 2 aliphatic rings. The van der Waals surface area contributed by atoms with Crippen LogP contribution in [0.15, 0.2) is 0 Å². The average Bonchev–Trinajstić information content (AvgIpc) is 2.64. The second-order valence-electron chi connectivity index (χ2n) is 2.96. The van der Waals surface area contributed by atoms with Crippen molar-refractivity contribution in [1.29, 1.82) is 0 Å². The molecule has 1 nitrogen and oxygen atoms in total. The molecule has 1 aliphatic heterocycles. The Hall–Kier alpha value is 0.310. The first-order chi connectivity index (χ1) is 4.40. The van der Waals surface area contributed by atoms with E-state index in [1.165, 1.54) is 18.6 Å². The van der Waals surface area contributed by atoms with Gasteiger partial charge in [-0.25, -0.2) is 0 Å². The molecule has 0 aromatic rings. The van der Waals surface area contributed by atoms with E-state index in [4.69, 9.17) is 4.74 Å². The Kier molecular flexibility index (Phi) is 1.46. The molecule has 0 radical (unpaired) electrons. The summed E-state index contributed by atoms with van der Waals surface area (Å²) in [4.78, 5) is 0. The topological polar surface area (TPSA) is 9.23 Å². The quantitative estimate of drug-likeness (QED) is 0.552. The van der Waals surface area contributed by atoms with E-state index in [0.717, 1.165) is 11.2 Å². The van der Waals surface area contributed by atoms with Gasteiger partial charge in [0.05, 0.1) is 6.10 Å². The highest BCUT2D eigenvalue weighted by Crippen LogP contribution is 2.49. The van der Waals surface area contributed by atoms with Crippen molar-refractivity contribution in [2.24, 2.45) is 5.92 Å². The van der Waals surface area contributed by atoms with Crippen LogP contribution >= 0.6 is 11.8 Å². The van der Waals surface area contributed by atoms with Crippen LogP contribution in [-0.2, 0) is 4.74 Å². The monoisotopic (exact) mass is 144 g/mol. The van der Waals surface area contributed by atoms with Gasteiger partial charge in [0.2, 0.25) is 0 Å². The van der Waals surface area contributed by atoms with Gasteiger partial charge in [-0.15, -0.1) is 0 Å². The Morgan fingerprint density at radius 2 is 2.33 bits per heavy atom. The van der Waals surface area contributed by atoms with Crippen molar-refractivity contribution in [2.75, 3.05) is 12.9 Å². The van der Waals surface area contributed by atoms with Crippen molar-refractivity contribution < 1.29 is 4.74 Å². The average molecular weight is 144 g/mol. The van der Waals surface area contributed by atoms with Gasteiger partial charge < -0.3 is 4.74 Å². The van der Waals surface area contributed by atoms with Crippen molar-refractivity contribution >= 4 is 11.8 Å². The fourth-order valence-electron chi connectivity index (χ4n) is 1.47. The lowest BCUT2D eigenvalue weighted by molar-refractivity contribution is 0.108. The molecule has 52 valence electrons. The summed E-state index contributed by atoms with van der Waals surface area (Å²) in [5, 5.41) is 1.02. The molecule has 0 bridgehead atoms. The van der Waals surface area contributed by atoms with E-state index in [1.54, 1.807) is 0 Å². The molecule has 0 aromatic carbocycles. The third-order valence-electron chi connectivity index (χ3n) is 2.25. The Morgan fingerprint density at radius 1 is 1.44 bits per heavy atom. The zero-order valence-electron chi connectivity index (χ0n) is 5.67. The summed E-state index contributed by atoms with van der Waals surface area (Å²) < 4.78 is 5.27. The van der Waals surface area contributed by atoms with Crippen LogP contribution in [-0.4, -0.2) is 24.2 Å². The molecule has 1 saturated heterocycles. The smallest absolute Gasteiger partial charge is 0.0664 e. The number of methoxy groups -OCH3 is 1. The molecule has 0 spiro atoms. The SMILES string of the molecule is COC1CSC2CC2C1. The fourth-order valence-corrected chi connectivity index (χ4v) is 2.97. The highest BCUT2D eigenvalue weighted by molar-refractivity contribution is 8.00. The third kappa shape index (κ3) is 1.10. The van der Waals surface area contributed by atoms with E-state index < -0.39 is 0 Å². The Balaban J connectivity index is 1.86. The van der Waals surface area contributed by atoms with Gasteiger partial charge in [0, 0.05) is 18.1 Å². The lowest BCUT2D eigenvalue weighted by Crippen LogP contribution is -2.19. The first kappa shape index (κ1) is 6.05. The largest absolute Gasteiger partial charge is 0.381 e. The number of hydrogen-bond donors (Lipinski definition) is 0. The molecule has 0 aromatic heterocycles. The third-order valence-corrected chi connectivity index (χ3v) is 3.82. The number of rotatable bonds is 1. The minimum atomic E-state index is 0.568. The molecule has 3 unspecified atom stereocenters. The van der Waals surface area contributed by atoms with Crippen LogP contribution in [0.2, 0.25) is 0 Å². The minimum Gasteiger partial charge on any atom is -0.381 e. The Morgan fingerprint density at radius 3 is 3.00 bits per heavy atom. The first-order valence-corrected chi connectivity index (χ1v) is 4.59. The lowest BCUT2D eigenvalue weighted by atomic mass is 10.2. The number of thioether (sulfide) groups is 1. The maximum Gasteiger partial charge on any atom is 0.0664 e. The van der Waals surface area contributed by atoms with Gasteiger partial charge in [0.25, 0.3) is 0 Å². The van der Waals surface area contributed by atoms with Crippen LogP contribution < -0.4 is 0 Å². The van der Waals surface area contributed by atoms with Crippen LogP contribution in [0.25, 0.3) is 0 Å². The first-order valence-electron chi connectivity index (χ1n) is 3.54. The molecule has 9 heavy (non-hydrogen) atoms. The predicted molar refractivity (Wildman–Crippen MR) is 39.8 cm³/mol. The van der Waals surface area contributed by atoms with Gasteiger partial charge in [-0.05, 0) is 18.8 Å². The molecule has 2 heteroatoms. The van der Waals surface area contributed by atoms with E-state index in [2.05, 4.69) is 11.8 Å². The summed E-state index contributed by atoms with van der Waals surface area (Å²) in [5.41, 5.74) is 0. The predicted octanol–water partition coefficient (Wildman–Crippen LogP) is 1.53. The standard InChI is InChI=1S/C7H12OS/c1-8-6-2-5-3-7(5)9-4-6/h5-7H,2-4H2,1H3. The van der Waals surface area contributed by atoms with Crippen LogP contribution in [0.4, 0.5) is 0 Å². The number of hydrogen-bond acceptors (Lipinski definition) is 2. The molecule has 1 aliphatic carbocycles. The summed E-state index contributed by atoms with van der Waals surface area (Å²) >= 11 is 2.10. The van der Waals surface area contributed by atoms with Crippen molar-refractivity contribution in [3.8, 4) is 0 Å². The molecule has 2 rings (SSSR count). The number of fused-ring (bicyclic) bond motifs is 1. The Bertz CT molecular complexity index is 115. The van der Waals surface area contributed by atoms with E-state index >= 15 is 0 Å². The molecule has 0 amide bonds. The molecule has 3 atom stereocenters. The van der Waals surface area contributed by atoms with E-state index in [1.807, 2.05) is 7.11 Å². The van der Waals surface area contributed by atoms with Crippen LogP contribution in [0.5, 0.6) is 0 Å². The summed E-state index contributed by atoms with van der Waals surface area (Å²) in [7, 11) is 1.83. The van der Waals surface area contributed by atoms with Gasteiger partial charge in [0.1, 0.15) is 0 Å². The van der Waals surface area contributed by atoms with Gasteiger partial charge in [-0.2, -0.15) is 11.8 Å². The van der Waals surface area contributed by atoms with Crippen LogP contribution in [0.1, 0.15) is 12.8 Å². The van der Waals surface area contributed by atoms with E-state index in [0.29, 0.717) is 6.10 Å². The van der Waals surface area contributed by atoms with E-state index in [9.17, 15) is 0 Å².